The van der Waals surface area contributed by atoms with Crippen LogP contribution in [0.1, 0.15) is 24.5 Å². The third kappa shape index (κ3) is 5.06. The van der Waals surface area contributed by atoms with Crippen molar-refractivity contribution < 1.29 is 23.7 Å². The Morgan fingerprint density at radius 2 is 1.63 bits per heavy atom. The van der Waals surface area contributed by atoms with Gasteiger partial charge in [-0.05, 0) is 37.6 Å². The molecule has 0 fully saturated rings. The Labute approximate surface area is 160 Å². The number of carbonyl (C=O) groups is 1. The lowest BCUT2D eigenvalue weighted by Crippen LogP contribution is -2.37. The first-order valence-electron chi connectivity index (χ1n) is 8.82. The Morgan fingerprint density at radius 1 is 0.963 bits per heavy atom. The molecule has 0 aliphatic rings. The standard InChI is InChI=1S/C21H27NO5/c1-6-17(27-16-10-7-14(2)8-11-16)21(23)22-13-15-9-12-18(24-3)20(26-5)19(15)25-4/h7-12,17H,6,13H2,1-5H3,(H,22,23). The first-order valence-corrected chi connectivity index (χ1v) is 8.82. The first-order chi connectivity index (χ1) is 13.0. The van der Waals surface area contributed by atoms with Crippen molar-refractivity contribution in [3.63, 3.8) is 0 Å². The molecular formula is C21H27NO5. The van der Waals surface area contributed by atoms with Crippen molar-refractivity contribution in [2.45, 2.75) is 32.9 Å². The van der Waals surface area contributed by atoms with Gasteiger partial charge in [0.25, 0.3) is 5.91 Å². The molecule has 2 rings (SSSR count). The van der Waals surface area contributed by atoms with E-state index in [9.17, 15) is 4.79 Å². The molecular weight excluding hydrogens is 346 g/mol. The van der Waals surface area contributed by atoms with E-state index >= 15 is 0 Å². The average molecular weight is 373 g/mol. The fraction of sp³-hybridized carbons (Fsp3) is 0.381. The summed E-state index contributed by atoms with van der Waals surface area (Å²) in [6.45, 7) is 4.20. The molecule has 0 spiro atoms. The Balaban J connectivity index is 2.08. The van der Waals surface area contributed by atoms with Crippen LogP contribution in [0.2, 0.25) is 0 Å². The van der Waals surface area contributed by atoms with Gasteiger partial charge in [-0.2, -0.15) is 0 Å². The lowest BCUT2D eigenvalue weighted by molar-refractivity contribution is -0.128. The highest BCUT2D eigenvalue weighted by Crippen LogP contribution is 2.39. The van der Waals surface area contributed by atoms with E-state index in [0.717, 1.165) is 11.1 Å². The second-order valence-corrected chi connectivity index (χ2v) is 6.04. The maximum Gasteiger partial charge on any atom is 0.261 e. The minimum Gasteiger partial charge on any atom is -0.493 e. The number of benzene rings is 2. The predicted molar refractivity (Wildman–Crippen MR) is 104 cm³/mol. The minimum absolute atomic E-state index is 0.185. The Bertz CT molecular complexity index is 758. The molecule has 0 aromatic heterocycles. The SMILES string of the molecule is CCC(Oc1ccc(C)cc1)C(=O)NCc1ccc(OC)c(OC)c1OC. The van der Waals surface area contributed by atoms with Crippen molar-refractivity contribution >= 4 is 5.91 Å². The second-order valence-electron chi connectivity index (χ2n) is 6.04. The molecule has 0 saturated carbocycles. The number of hydrogen-bond acceptors (Lipinski definition) is 5. The third-order valence-electron chi connectivity index (χ3n) is 4.20. The van der Waals surface area contributed by atoms with E-state index in [4.69, 9.17) is 18.9 Å². The van der Waals surface area contributed by atoms with Gasteiger partial charge in [-0.3, -0.25) is 4.79 Å². The predicted octanol–water partition coefficient (Wildman–Crippen LogP) is 3.49. The van der Waals surface area contributed by atoms with Crippen LogP contribution in [0.25, 0.3) is 0 Å². The summed E-state index contributed by atoms with van der Waals surface area (Å²) in [5, 5.41) is 2.90. The van der Waals surface area contributed by atoms with Crippen LogP contribution in [0.3, 0.4) is 0 Å². The molecule has 2 aromatic carbocycles. The minimum atomic E-state index is -0.571. The summed E-state index contributed by atoms with van der Waals surface area (Å²) in [5.41, 5.74) is 1.93. The van der Waals surface area contributed by atoms with Crippen molar-refractivity contribution in [1.82, 2.24) is 5.32 Å². The van der Waals surface area contributed by atoms with Crippen LogP contribution in [-0.2, 0) is 11.3 Å². The molecule has 27 heavy (non-hydrogen) atoms. The van der Waals surface area contributed by atoms with E-state index in [0.29, 0.717) is 29.4 Å². The number of ether oxygens (including phenoxy) is 4. The van der Waals surface area contributed by atoms with Crippen molar-refractivity contribution in [2.24, 2.45) is 0 Å². The molecule has 0 saturated heterocycles. The maximum atomic E-state index is 12.6. The Hall–Kier alpha value is -2.89. The number of rotatable bonds is 9. The fourth-order valence-corrected chi connectivity index (χ4v) is 2.70. The fourth-order valence-electron chi connectivity index (χ4n) is 2.70. The molecule has 1 N–H and O–H groups in total. The summed E-state index contributed by atoms with van der Waals surface area (Å²) < 4.78 is 21.9. The highest BCUT2D eigenvalue weighted by atomic mass is 16.5. The highest BCUT2D eigenvalue weighted by Gasteiger charge is 2.20. The molecule has 0 aliphatic heterocycles. The largest absolute Gasteiger partial charge is 0.493 e. The summed E-state index contributed by atoms with van der Waals surface area (Å²) in [6.07, 6.45) is -0.0122. The zero-order valence-electron chi connectivity index (χ0n) is 16.5. The molecule has 1 amide bonds. The van der Waals surface area contributed by atoms with Crippen molar-refractivity contribution in [3.8, 4) is 23.0 Å². The summed E-state index contributed by atoms with van der Waals surface area (Å²) in [7, 11) is 4.66. The quantitative estimate of drug-likeness (QED) is 0.729. The number of nitrogens with one attached hydrogen (secondary N) is 1. The van der Waals surface area contributed by atoms with Crippen molar-refractivity contribution in [1.29, 1.82) is 0 Å². The van der Waals surface area contributed by atoms with Crippen LogP contribution in [0.5, 0.6) is 23.0 Å². The molecule has 1 atom stereocenters. The van der Waals surface area contributed by atoms with Crippen molar-refractivity contribution in [3.05, 3.63) is 47.5 Å². The number of amides is 1. The number of aryl methyl sites for hydroxylation is 1. The van der Waals surface area contributed by atoms with Crippen LogP contribution >= 0.6 is 0 Å². The zero-order chi connectivity index (χ0) is 19.8. The van der Waals surface area contributed by atoms with Gasteiger partial charge in [0.05, 0.1) is 21.3 Å². The number of hydrogen-bond donors (Lipinski definition) is 1. The molecule has 0 heterocycles. The van der Waals surface area contributed by atoms with Gasteiger partial charge in [0.1, 0.15) is 5.75 Å². The molecule has 0 aliphatic carbocycles. The summed E-state index contributed by atoms with van der Waals surface area (Å²) in [6, 6.07) is 11.2. The zero-order valence-corrected chi connectivity index (χ0v) is 16.5. The molecule has 6 heteroatoms. The van der Waals surface area contributed by atoms with Crippen LogP contribution < -0.4 is 24.3 Å². The molecule has 6 nitrogen and oxygen atoms in total. The molecule has 146 valence electrons. The molecule has 0 radical (unpaired) electrons. The number of methoxy groups -OCH3 is 3. The van der Waals surface area contributed by atoms with Gasteiger partial charge >= 0.3 is 0 Å². The lowest BCUT2D eigenvalue weighted by atomic mass is 10.1. The smallest absolute Gasteiger partial charge is 0.261 e. The Kier molecular flexibility index (Phi) is 7.34. The number of carbonyl (C=O) groups excluding carboxylic acids is 1. The van der Waals surface area contributed by atoms with Gasteiger partial charge in [-0.25, -0.2) is 0 Å². The van der Waals surface area contributed by atoms with Gasteiger partial charge in [0, 0.05) is 12.1 Å². The Morgan fingerprint density at radius 3 is 2.19 bits per heavy atom. The van der Waals surface area contributed by atoms with Crippen LogP contribution in [0, 0.1) is 6.92 Å². The van der Waals surface area contributed by atoms with Crippen LogP contribution in [0.15, 0.2) is 36.4 Å². The van der Waals surface area contributed by atoms with Crippen LogP contribution in [-0.4, -0.2) is 33.3 Å². The second kappa shape index (κ2) is 9.71. The van der Waals surface area contributed by atoms with E-state index < -0.39 is 6.10 Å². The van der Waals surface area contributed by atoms with E-state index in [2.05, 4.69) is 5.32 Å². The van der Waals surface area contributed by atoms with E-state index in [1.807, 2.05) is 44.2 Å². The monoisotopic (exact) mass is 373 g/mol. The van der Waals surface area contributed by atoms with Gasteiger partial charge in [-0.1, -0.05) is 24.6 Å². The summed E-state index contributed by atoms with van der Waals surface area (Å²) >= 11 is 0. The molecule has 1 unspecified atom stereocenters. The van der Waals surface area contributed by atoms with Crippen molar-refractivity contribution in [2.75, 3.05) is 21.3 Å². The normalized spacial score (nSPS) is 11.4. The van der Waals surface area contributed by atoms with Gasteiger partial charge < -0.3 is 24.3 Å². The summed E-state index contributed by atoms with van der Waals surface area (Å²) in [4.78, 5) is 12.6. The van der Waals surface area contributed by atoms with E-state index in [1.165, 1.54) is 0 Å². The third-order valence-corrected chi connectivity index (χ3v) is 4.20. The topological polar surface area (TPSA) is 66.0 Å². The lowest BCUT2D eigenvalue weighted by Gasteiger charge is -2.19. The molecule has 2 aromatic rings. The van der Waals surface area contributed by atoms with E-state index in [-0.39, 0.29) is 12.5 Å². The molecule has 0 bridgehead atoms. The first kappa shape index (κ1) is 20.4. The highest BCUT2D eigenvalue weighted by molar-refractivity contribution is 5.81. The van der Waals surface area contributed by atoms with Gasteiger partial charge in [0.2, 0.25) is 5.75 Å². The van der Waals surface area contributed by atoms with Gasteiger partial charge in [-0.15, -0.1) is 0 Å². The maximum absolute atomic E-state index is 12.6. The summed E-state index contributed by atoms with van der Waals surface area (Å²) in [5.74, 6) is 2.08. The average Bonchev–Trinajstić information content (AvgIpc) is 2.70. The van der Waals surface area contributed by atoms with Gasteiger partial charge in [0.15, 0.2) is 17.6 Å². The van der Waals surface area contributed by atoms with Crippen LogP contribution in [0.4, 0.5) is 0 Å². The van der Waals surface area contributed by atoms with E-state index in [1.54, 1.807) is 27.4 Å².